The molecule has 0 amide bonds. The molecule has 1 aliphatic rings. The van der Waals surface area contributed by atoms with Crippen LogP contribution in [0.15, 0.2) is 16.9 Å². The SMILES string of the molecule is Cc1cc(=O)n2[nH]c(C3CCNCC3)cc2n1.Cl. The number of aromatic amines is 1. The van der Waals surface area contributed by atoms with Gasteiger partial charge < -0.3 is 5.32 Å². The molecule has 1 aliphatic heterocycles. The fourth-order valence-electron chi connectivity index (χ4n) is 2.47. The topological polar surface area (TPSA) is 62.2 Å². The molecule has 6 heteroatoms. The van der Waals surface area contributed by atoms with Crippen LogP contribution in [0.1, 0.15) is 30.1 Å². The average Bonchev–Trinajstić information content (AvgIpc) is 2.74. The Labute approximate surface area is 111 Å². The average molecular weight is 269 g/mol. The van der Waals surface area contributed by atoms with E-state index in [2.05, 4.69) is 15.4 Å². The third kappa shape index (κ3) is 2.28. The van der Waals surface area contributed by atoms with Gasteiger partial charge in [0.15, 0.2) is 5.65 Å². The number of rotatable bonds is 1. The Morgan fingerprint density at radius 2 is 2.06 bits per heavy atom. The first-order valence-corrected chi connectivity index (χ1v) is 6.04. The van der Waals surface area contributed by atoms with Crippen LogP contribution < -0.4 is 10.9 Å². The number of nitrogens with zero attached hydrogens (tertiary/aromatic N) is 2. The van der Waals surface area contributed by atoms with Gasteiger partial charge in [0.05, 0.1) is 0 Å². The minimum absolute atomic E-state index is 0. The van der Waals surface area contributed by atoms with Crippen molar-refractivity contribution in [3.05, 3.63) is 33.9 Å². The molecule has 2 N–H and O–H groups in total. The second-order valence-electron chi connectivity index (χ2n) is 4.67. The van der Waals surface area contributed by atoms with Crippen LogP contribution >= 0.6 is 12.4 Å². The molecule has 3 heterocycles. The smallest absolute Gasteiger partial charge is 0.272 e. The van der Waals surface area contributed by atoms with Crippen molar-refractivity contribution >= 4 is 18.1 Å². The summed E-state index contributed by atoms with van der Waals surface area (Å²) < 4.78 is 1.53. The molecule has 0 bridgehead atoms. The van der Waals surface area contributed by atoms with Crippen molar-refractivity contribution in [1.82, 2.24) is 19.9 Å². The molecule has 0 radical (unpaired) electrons. The van der Waals surface area contributed by atoms with Crippen molar-refractivity contribution in [2.24, 2.45) is 0 Å². The van der Waals surface area contributed by atoms with Crippen LogP contribution in [0.5, 0.6) is 0 Å². The van der Waals surface area contributed by atoms with Crippen molar-refractivity contribution in [3.8, 4) is 0 Å². The van der Waals surface area contributed by atoms with Gasteiger partial charge in [-0.25, -0.2) is 9.50 Å². The molecule has 0 spiro atoms. The Morgan fingerprint density at radius 1 is 1.33 bits per heavy atom. The number of piperidine rings is 1. The van der Waals surface area contributed by atoms with Gasteiger partial charge in [-0.2, -0.15) is 0 Å². The molecule has 2 aromatic rings. The number of nitrogens with one attached hydrogen (secondary N) is 2. The van der Waals surface area contributed by atoms with E-state index in [-0.39, 0.29) is 18.0 Å². The number of halogens is 1. The summed E-state index contributed by atoms with van der Waals surface area (Å²) in [5.74, 6) is 0.512. The quantitative estimate of drug-likeness (QED) is 0.818. The minimum atomic E-state index is -0.0346. The number of aryl methyl sites for hydroxylation is 1. The van der Waals surface area contributed by atoms with Crippen molar-refractivity contribution in [1.29, 1.82) is 0 Å². The summed E-state index contributed by atoms with van der Waals surface area (Å²) in [6.07, 6.45) is 2.22. The van der Waals surface area contributed by atoms with Crippen LogP contribution in [0.3, 0.4) is 0 Å². The lowest BCUT2D eigenvalue weighted by molar-refractivity contribution is 0.451. The fourth-order valence-corrected chi connectivity index (χ4v) is 2.47. The summed E-state index contributed by atoms with van der Waals surface area (Å²) in [7, 11) is 0. The van der Waals surface area contributed by atoms with E-state index in [4.69, 9.17) is 0 Å². The summed E-state index contributed by atoms with van der Waals surface area (Å²) in [4.78, 5) is 16.1. The summed E-state index contributed by atoms with van der Waals surface area (Å²) >= 11 is 0. The molecule has 1 fully saturated rings. The molecule has 98 valence electrons. The number of fused-ring (bicyclic) bond motifs is 1. The standard InChI is InChI=1S/C12H16N4O.ClH/c1-8-6-12(17)16-11(14-8)7-10(15-16)9-2-4-13-5-3-9;/h6-7,9,13,15H,2-5H2,1H3;1H. The summed E-state index contributed by atoms with van der Waals surface area (Å²) in [6.45, 7) is 3.93. The van der Waals surface area contributed by atoms with Crippen LogP contribution in [0, 0.1) is 6.92 Å². The molecule has 0 aromatic carbocycles. The monoisotopic (exact) mass is 268 g/mol. The van der Waals surface area contributed by atoms with E-state index in [9.17, 15) is 4.79 Å². The molecule has 1 saturated heterocycles. The normalized spacial score (nSPS) is 16.7. The first-order chi connectivity index (χ1) is 8.24. The summed E-state index contributed by atoms with van der Waals surface area (Å²) in [5, 5.41) is 6.52. The van der Waals surface area contributed by atoms with E-state index in [1.165, 1.54) is 4.52 Å². The van der Waals surface area contributed by atoms with Crippen LogP contribution in [0.25, 0.3) is 5.65 Å². The Hall–Kier alpha value is -1.33. The van der Waals surface area contributed by atoms with Crippen molar-refractivity contribution in [2.45, 2.75) is 25.7 Å². The number of hydrogen-bond acceptors (Lipinski definition) is 3. The van der Waals surface area contributed by atoms with E-state index in [0.717, 1.165) is 43.0 Å². The first-order valence-electron chi connectivity index (χ1n) is 6.04. The second-order valence-corrected chi connectivity index (χ2v) is 4.67. The predicted molar refractivity (Wildman–Crippen MR) is 72.6 cm³/mol. The van der Waals surface area contributed by atoms with E-state index in [0.29, 0.717) is 5.92 Å². The largest absolute Gasteiger partial charge is 0.317 e. The highest BCUT2D eigenvalue weighted by Gasteiger charge is 2.17. The van der Waals surface area contributed by atoms with Gasteiger partial charge in [-0.05, 0) is 32.9 Å². The molecule has 0 saturated carbocycles. The maximum atomic E-state index is 11.8. The van der Waals surface area contributed by atoms with Gasteiger partial charge in [-0.3, -0.25) is 9.89 Å². The maximum absolute atomic E-state index is 11.8. The molecule has 0 aliphatic carbocycles. The van der Waals surface area contributed by atoms with Crippen LogP contribution in [-0.4, -0.2) is 27.7 Å². The Balaban J connectivity index is 0.00000120. The molecule has 2 aromatic heterocycles. The summed E-state index contributed by atoms with van der Waals surface area (Å²) in [6, 6.07) is 3.56. The number of H-pyrrole nitrogens is 1. The Morgan fingerprint density at radius 3 is 2.78 bits per heavy atom. The Bertz CT molecular complexity index is 598. The molecule has 0 unspecified atom stereocenters. The Kier molecular flexibility index (Phi) is 3.73. The zero-order chi connectivity index (χ0) is 11.8. The fraction of sp³-hybridized carbons (Fsp3) is 0.500. The highest BCUT2D eigenvalue weighted by atomic mass is 35.5. The van der Waals surface area contributed by atoms with E-state index >= 15 is 0 Å². The zero-order valence-electron chi connectivity index (χ0n) is 10.3. The van der Waals surface area contributed by atoms with Gasteiger partial charge >= 0.3 is 0 Å². The van der Waals surface area contributed by atoms with E-state index < -0.39 is 0 Å². The number of hydrogen-bond donors (Lipinski definition) is 2. The third-order valence-electron chi connectivity index (χ3n) is 3.38. The molecule has 0 atom stereocenters. The predicted octanol–water partition coefficient (Wildman–Crippen LogP) is 1.22. The van der Waals surface area contributed by atoms with Crippen LogP contribution in [0.2, 0.25) is 0 Å². The lowest BCUT2D eigenvalue weighted by Crippen LogP contribution is -2.27. The lowest BCUT2D eigenvalue weighted by Gasteiger charge is -2.20. The van der Waals surface area contributed by atoms with Gasteiger partial charge in [0.2, 0.25) is 0 Å². The van der Waals surface area contributed by atoms with Gasteiger partial charge in [0, 0.05) is 29.4 Å². The third-order valence-corrected chi connectivity index (χ3v) is 3.38. The first kappa shape index (κ1) is 13.1. The van der Waals surface area contributed by atoms with Crippen molar-refractivity contribution in [3.63, 3.8) is 0 Å². The maximum Gasteiger partial charge on any atom is 0.272 e. The minimum Gasteiger partial charge on any atom is -0.317 e. The van der Waals surface area contributed by atoms with Gasteiger partial charge in [0.25, 0.3) is 5.56 Å². The van der Waals surface area contributed by atoms with Crippen LogP contribution in [0.4, 0.5) is 0 Å². The van der Waals surface area contributed by atoms with E-state index in [1.54, 1.807) is 6.07 Å². The molecule has 3 rings (SSSR count). The zero-order valence-corrected chi connectivity index (χ0v) is 11.1. The summed E-state index contributed by atoms with van der Waals surface area (Å²) in [5.41, 5.74) is 2.59. The van der Waals surface area contributed by atoms with Crippen molar-refractivity contribution < 1.29 is 0 Å². The van der Waals surface area contributed by atoms with Gasteiger partial charge in [0.1, 0.15) is 0 Å². The highest BCUT2D eigenvalue weighted by Crippen LogP contribution is 2.24. The molecule has 5 nitrogen and oxygen atoms in total. The molecular formula is C12H17ClN4O. The highest BCUT2D eigenvalue weighted by molar-refractivity contribution is 5.85. The van der Waals surface area contributed by atoms with Crippen LogP contribution in [-0.2, 0) is 0 Å². The van der Waals surface area contributed by atoms with Gasteiger partial charge in [-0.15, -0.1) is 12.4 Å². The lowest BCUT2D eigenvalue weighted by atomic mass is 9.95. The number of aromatic nitrogens is 3. The molecular weight excluding hydrogens is 252 g/mol. The molecule has 18 heavy (non-hydrogen) atoms. The van der Waals surface area contributed by atoms with E-state index in [1.807, 2.05) is 13.0 Å². The van der Waals surface area contributed by atoms with Crippen molar-refractivity contribution in [2.75, 3.05) is 13.1 Å². The van der Waals surface area contributed by atoms with Gasteiger partial charge in [-0.1, -0.05) is 0 Å². The second kappa shape index (κ2) is 5.12.